The molecule has 130 valence electrons. The Balaban J connectivity index is 2.03. The van der Waals surface area contributed by atoms with Gasteiger partial charge in [-0.15, -0.1) is 0 Å². The Hall–Kier alpha value is -2.34. The second kappa shape index (κ2) is 7.49. The van der Waals surface area contributed by atoms with E-state index >= 15 is 0 Å². The van der Waals surface area contributed by atoms with Gasteiger partial charge < -0.3 is 19.7 Å². The number of amides is 2. The molecule has 2 N–H and O–H groups in total. The van der Waals surface area contributed by atoms with Gasteiger partial charge >= 0.3 is 6.03 Å². The van der Waals surface area contributed by atoms with E-state index in [0.717, 1.165) is 5.56 Å². The quantitative estimate of drug-likeness (QED) is 0.852. The molecule has 0 aliphatic carbocycles. The fourth-order valence-corrected chi connectivity index (χ4v) is 2.36. The highest BCUT2D eigenvalue weighted by atomic mass is 16.4. The lowest BCUT2D eigenvalue weighted by atomic mass is 10.1. The summed E-state index contributed by atoms with van der Waals surface area (Å²) >= 11 is 0. The van der Waals surface area contributed by atoms with Gasteiger partial charge in [0.2, 0.25) is 5.89 Å². The Morgan fingerprint density at radius 2 is 2.04 bits per heavy atom. The van der Waals surface area contributed by atoms with Crippen LogP contribution in [0, 0.1) is 0 Å². The van der Waals surface area contributed by atoms with Crippen molar-refractivity contribution in [2.24, 2.45) is 0 Å². The molecule has 0 aliphatic rings. The summed E-state index contributed by atoms with van der Waals surface area (Å²) in [5.41, 5.74) is -0.00742. The molecule has 2 amide bonds. The molecule has 0 spiro atoms. The molecule has 0 radical (unpaired) electrons. The van der Waals surface area contributed by atoms with E-state index in [0.29, 0.717) is 18.2 Å². The lowest BCUT2D eigenvalue weighted by Crippen LogP contribution is -2.47. The molecule has 6 nitrogen and oxygen atoms in total. The summed E-state index contributed by atoms with van der Waals surface area (Å²) in [7, 11) is 0. The first-order valence-corrected chi connectivity index (χ1v) is 8.09. The molecule has 0 saturated carbocycles. The van der Waals surface area contributed by atoms with E-state index in [4.69, 9.17) is 4.42 Å². The summed E-state index contributed by atoms with van der Waals surface area (Å²) in [5, 5.41) is 12.8. The largest absolute Gasteiger partial charge is 0.438 e. The van der Waals surface area contributed by atoms with Crippen LogP contribution < -0.4 is 5.32 Å². The third-order valence-electron chi connectivity index (χ3n) is 3.54. The Bertz CT molecular complexity index is 662. The number of rotatable bonds is 6. The molecule has 0 fully saturated rings. The van der Waals surface area contributed by atoms with Crippen LogP contribution in [0.1, 0.15) is 39.6 Å². The van der Waals surface area contributed by atoms with Crippen molar-refractivity contribution in [2.45, 2.75) is 39.3 Å². The van der Waals surface area contributed by atoms with Crippen LogP contribution in [-0.2, 0) is 0 Å². The first kappa shape index (κ1) is 18.0. The van der Waals surface area contributed by atoms with Crippen LogP contribution in [0.5, 0.6) is 0 Å². The van der Waals surface area contributed by atoms with Crippen LogP contribution in [0.15, 0.2) is 40.9 Å². The molecule has 1 aromatic carbocycles. The normalized spacial score (nSPS) is 12.7. The second-order valence-electron chi connectivity index (χ2n) is 6.43. The molecule has 6 heteroatoms. The lowest BCUT2D eigenvalue weighted by Gasteiger charge is -2.29. The number of hydrogen-bond donors (Lipinski definition) is 2. The minimum Gasteiger partial charge on any atom is -0.438 e. The molecule has 24 heavy (non-hydrogen) atoms. The number of hydrogen-bond acceptors (Lipinski definition) is 4. The molecule has 0 bridgehead atoms. The molecule has 1 unspecified atom stereocenters. The van der Waals surface area contributed by atoms with Crippen molar-refractivity contribution in [3.8, 4) is 11.3 Å². The van der Waals surface area contributed by atoms with Crippen molar-refractivity contribution in [2.75, 3.05) is 13.1 Å². The van der Waals surface area contributed by atoms with Gasteiger partial charge in [-0.05, 0) is 27.7 Å². The highest BCUT2D eigenvalue weighted by Gasteiger charge is 2.23. The maximum absolute atomic E-state index is 12.3. The van der Waals surface area contributed by atoms with E-state index in [1.807, 2.05) is 44.2 Å². The van der Waals surface area contributed by atoms with Crippen molar-refractivity contribution in [1.29, 1.82) is 0 Å². The first-order valence-electron chi connectivity index (χ1n) is 8.09. The third kappa shape index (κ3) is 4.83. The molecular formula is C18H25N3O3. The fraction of sp³-hybridized carbons (Fsp3) is 0.444. The summed E-state index contributed by atoms with van der Waals surface area (Å²) in [6.07, 6.45) is 1.65. The molecule has 2 rings (SSSR count). The minimum atomic E-state index is -0.944. The summed E-state index contributed by atoms with van der Waals surface area (Å²) < 4.78 is 5.75. The lowest BCUT2D eigenvalue weighted by molar-refractivity contribution is 0.0475. The van der Waals surface area contributed by atoms with Gasteiger partial charge in [0.15, 0.2) is 5.76 Å². The Kier molecular flexibility index (Phi) is 5.62. The van der Waals surface area contributed by atoms with Crippen molar-refractivity contribution in [3.63, 3.8) is 0 Å². The standard InChI is InChI=1S/C18H25N3O3/c1-5-21(12-18(3,4)23)17(22)20-13(2)16-19-11-15(24-16)14-9-7-6-8-10-14/h6-11,13,23H,5,12H2,1-4H3,(H,20,22). The average molecular weight is 331 g/mol. The number of aliphatic hydroxyl groups is 1. The van der Waals surface area contributed by atoms with E-state index in [-0.39, 0.29) is 18.6 Å². The number of nitrogens with one attached hydrogen (secondary N) is 1. The van der Waals surface area contributed by atoms with Gasteiger partial charge in [-0.1, -0.05) is 30.3 Å². The van der Waals surface area contributed by atoms with Crippen molar-refractivity contribution in [1.82, 2.24) is 15.2 Å². The number of aromatic nitrogens is 1. The van der Waals surface area contributed by atoms with Crippen molar-refractivity contribution in [3.05, 3.63) is 42.4 Å². The summed E-state index contributed by atoms with van der Waals surface area (Å²) in [6, 6.07) is 9.05. The summed E-state index contributed by atoms with van der Waals surface area (Å²) in [6.45, 7) is 7.79. The average Bonchev–Trinajstić information content (AvgIpc) is 3.02. The number of carbonyl (C=O) groups is 1. The fourth-order valence-electron chi connectivity index (χ4n) is 2.36. The van der Waals surface area contributed by atoms with Crippen molar-refractivity contribution >= 4 is 6.03 Å². The van der Waals surface area contributed by atoms with E-state index in [9.17, 15) is 9.90 Å². The Morgan fingerprint density at radius 3 is 2.62 bits per heavy atom. The Labute approximate surface area is 142 Å². The SMILES string of the molecule is CCN(CC(C)(C)O)C(=O)NC(C)c1ncc(-c2ccccc2)o1. The minimum absolute atomic E-state index is 0.253. The van der Waals surface area contributed by atoms with Crippen LogP contribution in [0.3, 0.4) is 0 Å². The maximum Gasteiger partial charge on any atom is 0.318 e. The van der Waals surface area contributed by atoms with Gasteiger partial charge in [-0.25, -0.2) is 9.78 Å². The molecule has 1 atom stereocenters. The maximum atomic E-state index is 12.3. The van der Waals surface area contributed by atoms with E-state index < -0.39 is 5.60 Å². The van der Waals surface area contributed by atoms with E-state index in [2.05, 4.69) is 10.3 Å². The molecule has 0 saturated heterocycles. The van der Waals surface area contributed by atoms with Crippen LogP contribution >= 0.6 is 0 Å². The number of likely N-dealkylation sites (N-methyl/N-ethyl adjacent to an activating group) is 1. The second-order valence-corrected chi connectivity index (χ2v) is 6.43. The van der Waals surface area contributed by atoms with Gasteiger partial charge in [0.05, 0.1) is 18.3 Å². The summed E-state index contributed by atoms with van der Waals surface area (Å²) in [4.78, 5) is 18.2. The van der Waals surface area contributed by atoms with E-state index in [1.165, 1.54) is 0 Å². The van der Waals surface area contributed by atoms with Crippen LogP contribution in [0.25, 0.3) is 11.3 Å². The topological polar surface area (TPSA) is 78.6 Å². The van der Waals surface area contributed by atoms with E-state index in [1.54, 1.807) is 24.9 Å². The van der Waals surface area contributed by atoms with Gasteiger partial charge in [0.25, 0.3) is 0 Å². The molecule has 1 heterocycles. The highest BCUT2D eigenvalue weighted by molar-refractivity contribution is 5.74. The van der Waals surface area contributed by atoms with Crippen molar-refractivity contribution < 1.29 is 14.3 Å². The van der Waals surface area contributed by atoms with Crippen LogP contribution in [0.2, 0.25) is 0 Å². The number of carbonyl (C=O) groups excluding carboxylic acids is 1. The predicted molar refractivity (Wildman–Crippen MR) is 92.4 cm³/mol. The molecule has 0 aliphatic heterocycles. The van der Waals surface area contributed by atoms with Gasteiger partial charge in [0, 0.05) is 12.1 Å². The zero-order chi connectivity index (χ0) is 17.7. The van der Waals surface area contributed by atoms with Crippen LogP contribution in [-0.4, -0.2) is 39.7 Å². The monoisotopic (exact) mass is 331 g/mol. The third-order valence-corrected chi connectivity index (χ3v) is 3.54. The Morgan fingerprint density at radius 1 is 1.38 bits per heavy atom. The van der Waals surface area contributed by atoms with Gasteiger partial charge in [0.1, 0.15) is 6.04 Å². The predicted octanol–water partition coefficient (Wildman–Crippen LogP) is 3.21. The van der Waals surface area contributed by atoms with Gasteiger partial charge in [-0.2, -0.15) is 0 Å². The zero-order valence-corrected chi connectivity index (χ0v) is 14.6. The molecule has 1 aromatic heterocycles. The number of urea groups is 1. The van der Waals surface area contributed by atoms with Gasteiger partial charge in [-0.3, -0.25) is 0 Å². The molecular weight excluding hydrogens is 306 g/mol. The number of nitrogens with zero attached hydrogens (tertiary/aromatic N) is 2. The summed E-state index contributed by atoms with van der Waals surface area (Å²) in [5.74, 6) is 1.11. The first-order chi connectivity index (χ1) is 11.3. The smallest absolute Gasteiger partial charge is 0.318 e. The zero-order valence-electron chi connectivity index (χ0n) is 14.6. The number of oxazole rings is 1. The number of benzene rings is 1. The molecule has 2 aromatic rings. The highest BCUT2D eigenvalue weighted by Crippen LogP contribution is 2.22. The van der Waals surface area contributed by atoms with Crippen LogP contribution in [0.4, 0.5) is 4.79 Å².